The van der Waals surface area contributed by atoms with E-state index in [0.717, 1.165) is 28.1 Å². The molecule has 10 heteroatoms. The number of benzene rings is 3. The Balaban J connectivity index is 1.70. The van der Waals surface area contributed by atoms with Crippen LogP contribution in [0.25, 0.3) is 0 Å². The van der Waals surface area contributed by atoms with Crippen LogP contribution in [0.1, 0.15) is 25.3 Å². The Kier molecular flexibility index (Phi) is 9.40. The molecule has 3 aromatic carbocycles. The van der Waals surface area contributed by atoms with Gasteiger partial charge >= 0.3 is 0 Å². The molecular weight excluding hydrogens is 482 g/mol. The van der Waals surface area contributed by atoms with Crippen molar-refractivity contribution in [1.29, 1.82) is 0 Å². The van der Waals surface area contributed by atoms with Crippen LogP contribution < -0.4 is 14.4 Å². The van der Waals surface area contributed by atoms with Crippen molar-refractivity contribution in [3.63, 3.8) is 0 Å². The quantitative estimate of drug-likeness (QED) is 0.207. The molecule has 1 N–H and O–H groups in total. The molecule has 190 valence electrons. The van der Waals surface area contributed by atoms with Gasteiger partial charge in [-0.3, -0.25) is 19.2 Å². The Hall–Kier alpha value is -3.92. The maximum absolute atomic E-state index is 13.4. The number of nitro benzene ring substituents is 1. The number of para-hydroxylation sites is 1. The zero-order valence-corrected chi connectivity index (χ0v) is 20.8. The van der Waals surface area contributed by atoms with Gasteiger partial charge in [-0.25, -0.2) is 8.42 Å². The number of nitrogens with zero attached hydrogens (tertiary/aromatic N) is 2. The highest BCUT2D eigenvalue weighted by Crippen LogP contribution is 2.27. The molecule has 9 nitrogen and oxygen atoms in total. The minimum absolute atomic E-state index is 0.0204. The van der Waals surface area contributed by atoms with Crippen molar-refractivity contribution in [3.8, 4) is 5.75 Å². The third-order valence-electron chi connectivity index (χ3n) is 5.33. The minimum Gasteiger partial charge on any atom is -0.493 e. The van der Waals surface area contributed by atoms with Crippen molar-refractivity contribution in [1.82, 2.24) is 5.32 Å². The van der Waals surface area contributed by atoms with E-state index in [1.165, 1.54) is 30.3 Å². The van der Waals surface area contributed by atoms with Crippen molar-refractivity contribution < 1.29 is 22.9 Å². The number of sulfonamides is 1. The second kappa shape index (κ2) is 12.7. The van der Waals surface area contributed by atoms with Gasteiger partial charge < -0.3 is 10.1 Å². The summed E-state index contributed by atoms with van der Waals surface area (Å²) in [6.45, 7) is 2.47. The summed E-state index contributed by atoms with van der Waals surface area (Å²) >= 11 is 0. The number of nitrogens with one attached hydrogen (secondary N) is 1. The van der Waals surface area contributed by atoms with Gasteiger partial charge in [-0.15, -0.1) is 0 Å². The zero-order chi connectivity index (χ0) is 26.0. The van der Waals surface area contributed by atoms with Gasteiger partial charge in [-0.1, -0.05) is 49.4 Å². The van der Waals surface area contributed by atoms with E-state index < -0.39 is 27.4 Å². The molecule has 3 rings (SSSR count). The molecule has 0 bridgehead atoms. The zero-order valence-electron chi connectivity index (χ0n) is 20.0. The smallest absolute Gasteiger partial charge is 0.271 e. The number of rotatable bonds is 13. The standard InChI is InChI=1S/C26H29N3O6S/c1-2-18-35-25-16-7-6-10-21(25)11-9-17-27-26(30)20-28(22-12-8-13-23(19-22)29(31)32)36(33,34)24-14-4-3-5-15-24/h3-8,10,12-16,19H,2,9,11,17-18,20H2,1H3,(H,27,30). The molecule has 36 heavy (non-hydrogen) atoms. The maximum Gasteiger partial charge on any atom is 0.271 e. The number of hydrogen-bond acceptors (Lipinski definition) is 6. The third-order valence-corrected chi connectivity index (χ3v) is 7.11. The third kappa shape index (κ3) is 7.05. The molecule has 3 aromatic rings. The van der Waals surface area contributed by atoms with Crippen LogP contribution in [0.15, 0.2) is 83.8 Å². The summed E-state index contributed by atoms with van der Waals surface area (Å²) in [5.41, 5.74) is 0.792. The van der Waals surface area contributed by atoms with E-state index in [2.05, 4.69) is 5.32 Å². The molecule has 0 aliphatic rings. The van der Waals surface area contributed by atoms with Gasteiger partial charge in [0.05, 0.1) is 22.1 Å². The van der Waals surface area contributed by atoms with Gasteiger partial charge in [0.1, 0.15) is 12.3 Å². The first kappa shape index (κ1) is 26.7. The van der Waals surface area contributed by atoms with Crippen LogP contribution >= 0.6 is 0 Å². The van der Waals surface area contributed by atoms with Crippen molar-refractivity contribution >= 4 is 27.3 Å². The number of anilines is 1. The first-order chi connectivity index (χ1) is 17.3. The minimum atomic E-state index is -4.15. The molecule has 0 aliphatic heterocycles. The van der Waals surface area contributed by atoms with Crippen molar-refractivity contribution in [3.05, 3.63) is 94.5 Å². The number of aryl methyl sites for hydroxylation is 1. The molecule has 1 amide bonds. The summed E-state index contributed by atoms with van der Waals surface area (Å²) in [4.78, 5) is 23.4. The maximum atomic E-state index is 13.4. The van der Waals surface area contributed by atoms with Gasteiger partial charge in [0, 0.05) is 18.7 Å². The lowest BCUT2D eigenvalue weighted by atomic mass is 10.1. The fraction of sp³-hybridized carbons (Fsp3) is 0.269. The molecule has 0 atom stereocenters. The first-order valence-electron chi connectivity index (χ1n) is 11.6. The second-order valence-electron chi connectivity index (χ2n) is 8.01. The Morgan fingerprint density at radius 1 is 1.03 bits per heavy atom. The van der Waals surface area contributed by atoms with E-state index in [1.807, 2.05) is 31.2 Å². The van der Waals surface area contributed by atoms with Crippen LogP contribution in [0.3, 0.4) is 0 Å². The van der Waals surface area contributed by atoms with E-state index in [9.17, 15) is 23.3 Å². The molecule has 0 heterocycles. The van der Waals surface area contributed by atoms with Crippen LogP contribution in [0.2, 0.25) is 0 Å². The number of non-ortho nitro benzene ring substituents is 1. The average molecular weight is 512 g/mol. The average Bonchev–Trinajstić information content (AvgIpc) is 2.89. The Morgan fingerprint density at radius 2 is 1.75 bits per heavy atom. The Morgan fingerprint density at radius 3 is 2.47 bits per heavy atom. The summed E-state index contributed by atoms with van der Waals surface area (Å²) in [6, 6.07) is 20.6. The summed E-state index contributed by atoms with van der Waals surface area (Å²) in [7, 11) is -4.15. The van der Waals surface area contributed by atoms with Gasteiger partial charge in [-0.2, -0.15) is 0 Å². The molecule has 0 aliphatic carbocycles. The lowest BCUT2D eigenvalue weighted by molar-refractivity contribution is -0.384. The number of nitro groups is 1. The molecule has 0 fully saturated rings. The van der Waals surface area contributed by atoms with E-state index >= 15 is 0 Å². The van der Waals surface area contributed by atoms with Gasteiger partial charge in [0.15, 0.2) is 0 Å². The highest BCUT2D eigenvalue weighted by atomic mass is 32.2. The van der Waals surface area contributed by atoms with Crippen LogP contribution in [0.5, 0.6) is 5.75 Å². The molecule has 0 saturated heterocycles. The van der Waals surface area contributed by atoms with Crippen LogP contribution in [-0.4, -0.2) is 38.9 Å². The molecule has 0 aromatic heterocycles. The Labute approximate surface area is 210 Å². The van der Waals surface area contributed by atoms with Crippen molar-refractivity contribution in [2.75, 3.05) is 24.0 Å². The van der Waals surface area contributed by atoms with Crippen molar-refractivity contribution in [2.45, 2.75) is 31.1 Å². The molecule has 0 radical (unpaired) electrons. The summed E-state index contributed by atoms with van der Waals surface area (Å²) in [5.74, 6) is 0.299. The lowest BCUT2D eigenvalue weighted by Crippen LogP contribution is -2.41. The normalized spacial score (nSPS) is 11.0. The molecule has 0 unspecified atom stereocenters. The van der Waals surface area contributed by atoms with Crippen molar-refractivity contribution in [2.24, 2.45) is 0 Å². The highest BCUT2D eigenvalue weighted by Gasteiger charge is 2.28. The van der Waals surface area contributed by atoms with E-state index in [0.29, 0.717) is 26.0 Å². The largest absolute Gasteiger partial charge is 0.493 e. The summed E-state index contributed by atoms with van der Waals surface area (Å²) in [6.07, 6.45) is 2.20. The SMILES string of the molecule is CCCOc1ccccc1CCCNC(=O)CN(c1cccc([N+](=O)[O-])c1)S(=O)(=O)c1ccccc1. The summed E-state index contributed by atoms with van der Waals surface area (Å²) < 4.78 is 33.4. The number of hydrogen-bond donors (Lipinski definition) is 1. The first-order valence-corrected chi connectivity index (χ1v) is 13.1. The number of amides is 1. The number of carbonyl (C=O) groups is 1. The molecule has 0 saturated carbocycles. The summed E-state index contributed by atoms with van der Waals surface area (Å²) in [5, 5.41) is 14.0. The lowest BCUT2D eigenvalue weighted by Gasteiger charge is -2.24. The predicted octanol–water partition coefficient (Wildman–Crippen LogP) is 4.33. The van der Waals surface area contributed by atoms with E-state index in [1.54, 1.807) is 18.2 Å². The highest BCUT2D eigenvalue weighted by molar-refractivity contribution is 7.92. The fourth-order valence-electron chi connectivity index (χ4n) is 3.55. The number of ether oxygens (including phenoxy) is 1. The molecule has 0 spiro atoms. The monoisotopic (exact) mass is 511 g/mol. The fourth-order valence-corrected chi connectivity index (χ4v) is 4.99. The van der Waals surface area contributed by atoms with Crippen LogP contribution in [0, 0.1) is 10.1 Å². The van der Waals surface area contributed by atoms with Crippen LogP contribution in [-0.2, 0) is 21.2 Å². The van der Waals surface area contributed by atoms with Gasteiger partial charge in [0.25, 0.3) is 15.7 Å². The van der Waals surface area contributed by atoms with Crippen LogP contribution in [0.4, 0.5) is 11.4 Å². The van der Waals surface area contributed by atoms with Gasteiger partial charge in [-0.05, 0) is 49.1 Å². The second-order valence-corrected chi connectivity index (χ2v) is 9.87. The predicted molar refractivity (Wildman–Crippen MR) is 138 cm³/mol. The van der Waals surface area contributed by atoms with E-state index in [4.69, 9.17) is 4.74 Å². The number of carbonyl (C=O) groups excluding carboxylic acids is 1. The van der Waals surface area contributed by atoms with Gasteiger partial charge in [0.2, 0.25) is 5.91 Å². The Bertz CT molecular complexity index is 1280. The van der Waals surface area contributed by atoms with E-state index in [-0.39, 0.29) is 16.3 Å². The molecular formula is C26H29N3O6S. The topological polar surface area (TPSA) is 119 Å².